The van der Waals surface area contributed by atoms with Crippen molar-refractivity contribution in [1.82, 2.24) is 25.5 Å². The summed E-state index contributed by atoms with van der Waals surface area (Å²) in [6.45, 7) is 7.85. The van der Waals surface area contributed by atoms with E-state index in [0.29, 0.717) is 42.4 Å². The van der Waals surface area contributed by atoms with E-state index in [-0.39, 0.29) is 17.1 Å². The summed E-state index contributed by atoms with van der Waals surface area (Å²) in [5, 5.41) is 30.1. The molecule has 0 atom stereocenters. The van der Waals surface area contributed by atoms with Crippen LogP contribution in [0, 0.1) is 5.41 Å². The van der Waals surface area contributed by atoms with E-state index in [4.69, 9.17) is 9.99 Å². The molecule has 246 valence electrons. The predicted molar refractivity (Wildman–Crippen MR) is 177 cm³/mol. The number of hydrazine groups is 1. The van der Waals surface area contributed by atoms with Crippen molar-refractivity contribution in [2.75, 3.05) is 18.6 Å². The number of carbonyl (C=O) groups is 1. The second-order valence-electron chi connectivity index (χ2n) is 11.6. The largest absolute Gasteiger partial charge is 0.507 e. The van der Waals surface area contributed by atoms with Gasteiger partial charge in [-0.05, 0) is 72.6 Å². The Hall–Kier alpha value is -4.14. The van der Waals surface area contributed by atoms with Crippen LogP contribution in [0.5, 0.6) is 11.5 Å². The van der Waals surface area contributed by atoms with Gasteiger partial charge in [0.05, 0.1) is 29.9 Å². The van der Waals surface area contributed by atoms with Gasteiger partial charge in [-0.15, -0.1) is 4.33 Å². The summed E-state index contributed by atoms with van der Waals surface area (Å²) in [6, 6.07) is 16.4. The third kappa shape index (κ3) is 10.2. The molecule has 0 unspecified atom stereocenters. The number of hydrogen-bond acceptors (Lipinski definition) is 11. The summed E-state index contributed by atoms with van der Waals surface area (Å²) in [5.41, 5.74) is 9.83. The molecule has 0 saturated carbocycles. The van der Waals surface area contributed by atoms with Gasteiger partial charge in [0.1, 0.15) is 17.3 Å². The van der Waals surface area contributed by atoms with E-state index < -0.39 is 0 Å². The number of nitrogens with one attached hydrogen (secondary N) is 3. The first-order chi connectivity index (χ1) is 22.2. The molecule has 0 aliphatic rings. The van der Waals surface area contributed by atoms with Crippen molar-refractivity contribution in [1.29, 1.82) is 0 Å². The molecule has 5 N–H and O–H groups in total. The number of benzene rings is 2. The zero-order chi connectivity index (χ0) is 32.9. The smallest absolute Gasteiger partial charge is 0.252 e. The van der Waals surface area contributed by atoms with Gasteiger partial charge >= 0.3 is 0 Å². The van der Waals surface area contributed by atoms with E-state index in [0.717, 1.165) is 59.4 Å². The van der Waals surface area contributed by atoms with E-state index in [1.54, 1.807) is 22.9 Å². The van der Waals surface area contributed by atoms with Gasteiger partial charge in [-0.3, -0.25) is 9.48 Å². The summed E-state index contributed by atoms with van der Waals surface area (Å²) in [5.74, 6) is 1.23. The highest BCUT2D eigenvalue weighted by Crippen LogP contribution is 2.35. The number of hydrogen-bond donors (Lipinski definition) is 5. The minimum Gasteiger partial charge on any atom is -0.507 e. The molecule has 1 amide bonds. The van der Waals surface area contributed by atoms with Crippen LogP contribution in [0.2, 0.25) is 0 Å². The van der Waals surface area contributed by atoms with Crippen molar-refractivity contribution in [3.05, 3.63) is 83.7 Å². The normalized spacial score (nSPS) is 11.4. The van der Waals surface area contributed by atoms with Crippen LogP contribution in [0.1, 0.15) is 61.5 Å². The summed E-state index contributed by atoms with van der Waals surface area (Å²) in [6.07, 6.45) is 6.86. The lowest BCUT2D eigenvalue weighted by molar-refractivity contribution is -0.432. The molecule has 0 radical (unpaired) electrons. The molecule has 4 aromatic rings. The zero-order valence-electron chi connectivity index (χ0n) is 26.6. The quantitative estimate of drug-likeness (QED) is 0.0357. The molecule has 0 bridgehead atoms. The summed E-state index contributed by atoms with van der Waals surface area (Å²) in [7, 11) is 1.85. The van der Waals surface area contributed by atoms with Crippen LogP contribution in [0.15, 0.2) is 71.9 Å². The molecule has 0 spiro atoms. The molecule has 0 aliphatic carbocycles. The average molecular weight is 651 g/mol. The minimum atomic E-state index is -0.179. The van der Waals surface area contributed by atoms with Gasteiger partial charge in [0.15, 0.2) is 0 Å². The molecule has 2 aromatic carbocycles. The van der Waals surface area contributed by atoms with Crippen molar-refractivity contribution < 1.29 is 29.3 Å². The maximum absolute atomic E-state index is 12.8. The maximum Gasteiger partial charge on any atom is 0.252 e. The molecule has 0 aliphatic heterocycles. The lowest BCUT2D eigenvalue weighted by atomic mass is 9.87. The molecule has 13 heteroatoms. The summed E-state index contributed by atoms with van der Waals surface area (Å²) in [4.78, 5) is 17.9. The van der Waals surface area contributed by atoms with Crippen molar-refractivity contribution in [3.63, 3.8) is 0 Å². The Morgan fingerprint density at radius 1 is 1.09 bits per heavy atom. The number of aromatic hydroxyl groups is 1. The van der Waals surface area contributed by atoms with Crippen molar-refractivity contribution >= 4 is 23.8 Å². The fraction of sp³-hybridized carbons (Fsp3) is 0.364. The van der Waals surface area contributed by atoms with Gasteiger partial charge in [-0.2, -0.15) is 5.10 Å². The third-order valence-corrected chi connectivity index (χ3v) is 8.14. The number of pyridine rings is 1. The van der Waals surface area contributed by atoms with Gasteiger partial charge in [0.25, 0.3) is 5.91 Å². The standard InChI is InChI=1S/C33H42N6O6S/c1-5-23-18-26(27-14-16-39(4)38-27)28(40)19-29(23)43-17-9-8-15-33(2,3)22-35-32(41)25-12-13-31(34-20-25)37-36-21-24-10-6-7-11-30(24)46-45-44-42/h6-7,10-14,16,18-20,36,40,42H,5,8-9,15,17,21-22H2,1-4H3,(H,34,37)(H,35,41). The Labute approximate surface area is 273 Å². The Kier molecular flexibility index (Phi) is 12.8. The van der Waals surface area contributed by atoms with Crippen LogP contribution in [0.3, 0.4) is 0 Å². The van der Waals surface area contributed by atoms with Gasteiger partial charge < -0.3 is 20.6 Å². The van der Waals surface area contributed by atoms with E-state index in [9.17, 15) is 9.90 Å². The fourth-order valence-corrected chi connectivity index (χ4v) is 5.29. The minimum absolute atomic E-state index is 0.103. The SMILES string of the molecule is CCc1cc(-c2ccn(C)n2)c(O)cc1OCCCCC(C)(C)CNC(=O)c1ccc(NNCc2ccccc2SOOO)nc1. The number of carbonyl (C=O) groups excluding carboxylic acids is 1. The van der Waals surface area contributed by atoms with Crippen molar-refractivity contribution in [3.8, 4) is 22.8 Å². The van der Waals surface area contributed by atoms with E-state index >= 15 is 0 Å². The average Bonchev–Trinajstić information content (AvgIpc) is 3.49. The molecule has 4 rings (SSSR count). The monoisotopic (exact) mass is 650 g/mol. The number of aromatic nitrogens is 3. The van der Waals surface area contributed by atoms with Crippen molar-refractivity contribution in [2.45, 2.75) is 57.9 Å². The molecule has 46 heavy (non-hydrogen) atoms. The first kappa shape index (κ1) is 34.7. The molecular formula is C33H42N6O6S. The van der Waals surface area contributed by atoms with Crippen LogP contribution in [-0.2, 0) is 29.4 Å². The van der Waals surface area contributed by atoms with Crippen molar-refractivity contribution in [2.24, 2.45) is 12.5 Å². The van der Waals surface area contributed by atoms with E-state index in [1.165, 1.54) is 6.20 Å². The zero-order valence-corrected chi connectivity index (χ0v) is 27.4. The number of nitrogens with zero attached hydrogens (tertiary/aromatic N) is 3. The molecule has 0 fully saturated rings. The topological polar surface area (TPSA) is 152 Å². The fourth-order valence-electron chi connectivity index (χ4n) is 4.80. The number of aryl methyl sites for hydroxylation is 2. The number of phenolic OH excluding ortho intramolecular Hbond substituents is 1. The van der Waals surface area contributed by atoms with Crippen LogP contribution < -0.4 is 20.9 Å². The highest BCUT2D eigenvalue weighted by molar-refractivity contribution is 7.94. The Balaban J connectivity index is 1.16. The van der Waals surface area contributed by atoms with Gasteiger partial charge in [-0.25, -0.2) is 15.7 Å². The summed E-state index contributed by atoms with van der Waals surface area (Å²) < 4.78 is 12.3. The number of unbranched alkanes of at least 4 members (excludes halogenated alkanes) is 1. The Morgan fingerprint density at radius 2 is 1.91 bits per heavy atom. The second-order valence-corrected chi connectivity index (χ2v) is 12.3. The first-order valence-electron chi connectivity index (χ1n) is 15.1. The summed E-state index contributed by atoms with van der Waals surface area (Å²) >= 11 is 0.896. The number of rotatable bonds is 18. The number of anilines is 1. The third-order valence-electron chi connectivity index (χ3n) is 7.43. The van der Waals surface area contributed by atoms with Crippen LogP contribution >= 0.6 is 12.0 Å². The van der Waals surface area contributed by atoms with Gasteiger partial charge in [0.2, 0.25) is 0 Å². The van der Waals surface area contributed by atoms with Crippen LogP contribution in [-0.4, -0.2) is 44.2 Å². The highest BCUT2D eigenvalue weighted by atomic mass is 32.2. The van der Waals surface area contributed by atoms with Gasteiger partial charge in [-0.1, -0.05) is 44.0 Å². The lowest BCUT2D eigenvalue weighted by Crippen LogP contribution is -2.34. The van der Waals surface area contributed by atoms with E-state index in [2.05, 4.69) is 56.4 Å². The molecule has 2 aromatic heterocycles. The first-order valence-corrected chi connectivity index (χ1v) is 15.9. The maximum atomic E-state index is 12.8. The Morgan fingerprint density at radius 3 is 2.63 bits per heavy atom. The Bertz CT molecular complexity index is 1560. The van der Waals surface area contributed by atoms with Crippen LogP contribution in [0.4, 0.5) is 5.82 Å². The second kappa shape index (κ2) is 17.0. The predicted octanol–water partition coefficient (Wildman–Crippen LogP) is 6.30. The lowest BCUT2D eigenvalue weighted by Gasteiger charge is -2.25. The van der Waals surface area contributed by atoms with Crippen LogP contribution in [0.25, 0.3) is 11.3 Å². The molecular weight excluding hydrogens is 608 g/mol. The number of ether oxygens (including phenoxy) is 1. The number of phenols is 1. The van der Waals surface area contributed by atoms with Gasteiger partial charge in [0, 0.05) is 49.1 Å². The highest BCUT2D eigenvalue weighted by Gasteiger charge is 2.19. The molecule has 2 heterocycles. The molecule has 12 nitrogen and oxygen atoms in total. The number of amides is 1. The van der Waals surface area contributed by atoms with E-state index in [1.807, 2.05) is 49.6 Å². The molecule has 0 saturated heterocycles.